The second-order valence-corrected chi connectivity index (χ2v) is 2.74. The standard InChI is InChI=1S/C7H11O2/c1-4-7(2,3)5-6(8)9/h4H,1,5H2,2-3H3. The van der Waals surface area contributed by atoms with Crippen LogP contribution in [0.5, 0.6) is 0 Å². The fraction of sp³-hybridized carbons (Fsp3) is 0.571. The van der Waals surface area contributed by atoms with Crippen molar-refractivity contribution in [2.24, 2.45) is 5.41 Å². The molecule has 0 bridgehead atoms. The lowest BCUT2D eigenvalue weighted by Gasteiger charge is -2.14. The predicted octanol–water partition coefficient (Wildman–Crippen LogP) is 1.55. The summed E-state index contributed by atoms with van der Waals surface area (Å²) in [5.74, 6) is -1.03. The molecule has 0 heterocycles. The van der Waals surface area contributed by atoms with E-state index in [4.69, 9.17) is 0 Å². The van der Waals surface area contributed by atoms with E-state index in [0.717, 1.165) is 0 Å². The smallest absolute Gasteiger partial charge is 0.247 e. The third-order valence-corrected chi connectivity index (χ3v) is 1.15. The summed E-state index contributed by atoms with van der Waals surface area (Å²) in [6.07, 6.45) is 1.65. The van der Waals surface area contributed by atoms with Crippen molar-refractivity contribution < 1.29 is 9.90 Å². The van der Waals surface area contributed by atoms with Gasteiger partial charge >= 0.3 is 5.97 Å². The van der Waals surface area contributed by atoms with Gasteiger partial charge in [-0.25, -0.2) is 9.90 Å². The Bertz CT molecular complexity index is 125. The van der Waals surface area contributed by atoms with E-state index in [1.807, 2.05) is 0 Å². The fourth-order valence-electron chi connectivity index (χ4n) is 0.444. The number of carbonyl (C=O) groups excluding carboxylic acids is 1. The lowest BCUT2D eigenvalue weighted by atomic mass is 9.90. The van der Waals surface area contributed by atoms with Gasteiger partial charge in [0, 0.05) is 0 Å². The number of hydrogen-bond donors (Lipinski definition) is 0. The molecule has 0 rings (SSSR count). The average molecular weight is 127 g/mol. The summed E-state index contributed by atoms with van der Waals surface area (Å²) in [4.78, 5) is 10.0. The molecule has 2 nitrogen and oxygen atoms in total. The van der Waals surface area contributed by atoms with E-state index in [9.17, 15) is 9.90 Å². The number of hydrogen-bond acceptors (Lipinski definition) is 1. The van der Waals surface area contributed by atoms with E-state index >= 15 is 0 Å². The van der Waals surface area contributed by atoms with Crippen LogP contribution in [0.3, 0.4) is 0 Å². The van der Waals surface area contributed by atoms with Gasteiger partial charge in [-0.2, -0.15) is 0 Å². The quantitative estimate of drug-likeness (QED) is 0.530. The Kier molecular flexibility index (Phi) is 2.43. The number of rotatable bonds is 3. The van der Waals surface area contributed by atoms with Crippen LogP contribution >= 0.6 is 0 Å². The molecule has 0 N–H and O–H groups in total. The molecule has 0 aliphatic rings. The molecule has 0 unspecified atom stereocenters. The first-order chi connectivity index (χ1) is 3.98. The van der Waals surface area contributed by atoms with Crippen molar-refractivity contribution in [3.63, 3.8) is 0 Å². The Hall–Kier alpha value is -0.790. The van der Waals surface area contributed by atoms with Gasteiger partial charge < -0.3 is 0 Å². The summed E-state index contributed by atoms with van der Waals surface area (Å²) < 4.78 is 0. The minimum Gasteiger partial charge on any atom is -0.247 e. The largest absolute Gasteiger partial charge is 0.356 e. The Labute approximate surface area is 55.2 Å². The molecule has 0 atom stereocenters. The molecule has 0 spiro atoms. The summed E-state index contributed by atoms with van der Waals surface area (Å²) in [6.45, 7) is 7.10. The second-order valence-electron chi connectivity index (χ2n) is 2.74. The fourth-order valence-corrected chi connectivity index (χ4v) is 0.444. The lowest BCUT2D eigenvalue weighted by molar-refractivity contribution is -0.144. The van der Waals surface area contributed by atoms with E-state index in [-0.39, 0.29) is 11.8 Å². The molecule has 0 aromatic rings. The average Bonchev–Trinajstić information content (AvgIpc) is 1.63. The zero-order valence-electron chi connectivity index (χ0n) is 5.81. The van der Waals surface area contributed by atoms with Gasteiger partial charge in [-0.3, -0.25) is 0 Å². The van der Waals surface area contributed by atoms with Crippen LogP contribution in [0, 0.1) is 5.41 Å². The molecular formula is C7H11O2. The first kappa shape index (κ1) is 8.21. The molecular weight excluding hydrogens is 116 g/mol. The van der Waals surface area contributed by atoms with Crippen molar-refractivity contribution in [2.75, 3.05) is 0 Å². The zero-order valence-corrected chi connectivity index (χ0v) is 5.81. The summed E-state index contributed by atoms with van der Waals surface area (Å²) in [5.41, 5.74) is -0.334. The summed E-state index contributed by atoms with van der Waals surface area (Å²) in [5, 5.41) is 10.0. The molecule has 0 saturated carbocycles. The van der Waals surface area contributed by atoms with E-state index < -0.39 is 5.97 Å². The Balaban J connectivity index is 3.86. The van der Waals surface area contributed by atoms with Crippen LogP contribution in [0.15, 0.2) is 12.7 Å². The summed E-state index contributed by atoms with van der Waals surface area (Å²) in [7, 11) is 0. The van der Waals surface area contributed by atoms with Crippen molar-refractivity contribution in [3.8, 4) is 0 Å². The molecule has 0 aliphatic carbocycles. The molecule has 0 fully saturated rings. The van der Waals surface area contributed by atoms with Gasteiger partial charge in [0.1, 0.15) is 0 Å². The third-order valence-electron chi connectivity index (χ3n) is 1.15. The maximum atomic E-state index is 10.0. The lowest BCUT2D eigenvalue weighted by Crippen LogP contribution is -2.12. The van der Waals surface area contributed by atoms with Gasteiger partial charge in [-0.15, -0.1) is 6.58 Å². The van der Waals surface area contributed by atoms with Crippen molar-refractivity contribution in [2.45, 2.75) is 20.3 Å². The maximum Gasteiger partial charge on any atom is 0.356 e. The molecule has 0 amide bonds. The predicted molar refractivity (Wildman–Crippen MR) is 34.3 cm³/mol. The molecule has 0 aromatic carbocycles. The van der Waals surface area contributed by atoms with Crippen LogP contribution in [0.2, 0.25) is 0 Å². The minimum atomic E-state index is -1.03. The highest BCUT2D eigenvalue weighted by Gasteiger charge is 2.17. The van der Waals surface area contributed by atoms with Crippen LogP contribution in [0.1, 0.15) is 20.3 Å². The highest BCUT2D eigenvalue weighted by molar-refractivity contribution is 5.67. The molecule has 1 radical (unpaired) electrons. The monoisotopic (exact) mass is 127 g/mol. The summed E-state index contributed by atoms with van der Waals surface area (Å²) >= 11 is 0. The first-order valence-corrected chi connectivity index (χ1v) is 2.81. The molecule has 0 saturated heterocycles. The van der Waals surface area contributed by atoms with Crippen molar-refractivity contribution in [3.05, 3.63) is 12.7 Å². The molecule has 2 heteroatoms. The Morgan fingerprint density at radius 3 is 2.22 bits per heavy atom. The van der Waals surface area contributed by atoms with Crippen LogP contribution in [0.25, 0.3) is 0 Å². The maximum absolute atomic E-state index is 10.0. The third kappa shape index (κ3) is 3.76. The normalized spacial score (nSPS) is 10.9. The molecule has 51 valence electrons. The van der Waals surface area contributed by atoms with E-state index in [2.05, 4.69) is 6.58 Å². The van der Waals surface area contributed by atoms with Crippen LogP contribution < -0.4 is 0 Å². The van der Waals surface area contributed by atoms with Gasteiger partial charge in [0.25, 0.3) is 0 Å². The van der Waals surface area contributed by atoms with Crippen molar-refractivity contribution in [1.29, 1.82) is 0 Å². The van der Waals surface area contributed by atoms with E-state index in [0.29, 0.717) is 0 Å². The summed E-state index contributed by atoms with van der Waals surface area (Å²) in [6, 6.07) is 0. The number of allylic oxidation sites excluding steroid dienone is 1. The highest BCUT2D eigenvalue weighted by atomic mass is 16.4. The molecule has 0 aromatic heterocycles. The van der Waals surface area contributed by atoms with E-state index in [1.54, 1.807) is 19.9 Å². The van der Waals surface area contributed by atoms with Crippen LogP contribution in [-0.2, 0) is 9.90 Å². The first-order valence-electron chi connectivity index (χ1n) is 2.81. The zero-order chi connectivity index (χ0) is 7.49. The SMILES string of the molecule is C=CC(C)(C)CC([O])=O. The van der Waals surface area contributed by atoms with Gasteiger partial charge in [-0.05, 0) is 5.41 Å². The van der Waals surface area contributed by atoms with Crippen molar-refractivity contribution in [1.82, 2.24) is 0 Å². The van der Waals surface area contributed by atoms with Gasteiger partial charge in [0.05, 0.1) is 6.42 Å². The molecule has 9 heavy (non-hydrogen) atoms. The highest BCUT2D eigenvalue weighted by Crippen LogP contribution is 2.20. The molecule has 0 aliphatic heterocycles. The van der Waals surface area contributed by atoms with Gasteiger partial charge in [0.15, 0.2) is 0 Å². The van der Waals surface area contributed by atoms with Gasteiger partial charge in [-0.1, -0.05) is 19.9 Å². The second kappa shape index (κ2) is 2.67. The Morgan fingerprint density at radius 2 is 2.11 bits per heavy atom. The topological polar surface area (TPSA) is 37.0 Å². The van der Waals surface area contributed by atoms with Gasteiger partial charge in [0.2, 0.25) is 0 Å². The van der Waals surface area contributed by atoms with E-state index in [1.165, 1.54) is 0 Å². The number of carbonyl (C=O) groups is 1. The van der Waals surface area contributed by atoms with Crippen molar-refractivity contribution >= 4 is 5.97 Å². The van der Waals surface area contributed by atoms with Crippen LogP contribution in [0.4, 0.5) is 0 Å². The van der Waals surface area contributed by atoms with Crippen LogP contribution in [-0.4, -0.2) is 5.97 Å². The Morgan fingerprint density at radius 1 is 1.67 bits per heavy atom. The minimum absolute atomic E-state index is 0.0382.